The summed E-state index contributed by atoms with van der Waals surface area (Å²) in [5.74, 6) is 0.156. The standard InChI is InChI=1S/C11H17NO3S/c1-10(9-15-2)8-12-16(13,14)11-6-4-3-5-7-11/h3-7,10,12H,8-9H2,1-2H3. The lowest BCUT2D eigenvalue weighted by Crippen LogP contribution is -2.29. The molecule has 90 valence electrons. The summed E-state index contributed by atoms with van der Waals surface area (Å²) in [7, 11) is -1.78. The van der Waals surface area contributed by atoms with Crippen molar-refractivity contribution in [1.29, 1.82) is 0 Å². The molecule has 1 aromatic rings. The van der Waals surface area contributed by atoms with Crippen LogP contribution in [-0.2, 0) is 14.8 Å². The molecule has 16 heavy (non-hydrogen) atoms. The van der Waals surface area contributed by atoms with E-state index in [1.807, 2.05) is 6.92 Å². The van der Waals surface area contributed by atoms with Crippen molar-refractivity contribution in [3.63, 3.8) is 0 Å². The molecule has 0 aromatic heterocycles. The van der Waals surface area contributed by atoms with Gasteiger partial charge in [0.25, 0.3) is 0 Å². The average Bonchev–Trinajstić information content (AvgIpc) is 2.28. The number of ether oxygens (including phenoxy) is 1. The number of hydrogen-bond donors (Lipinski definition) is 1. The smallest absolute Gasteiger partial charge is 0.240 e. The van der Waals surface area contributed by atoms with E-state index in [1.54, 1.807) is 37.4 Å². The van der Waals surface area contributed by atoms with Crippen molar-refractivity contribution in [2.75, 3.05) is 20.3 Å². The molecule has 0 aliphatic heterocycles. The second-order valence-electron chi connectivity index (χ2n) is 3.73. The van der Waals surface area contributed by atoms with E-state index in [1.165, 1.54) is 0 Å². The van der Waals surface area contributed by atoms with Gasteiger partial charge in [-0.15, -0.1) is 0 Å². The molecule has 0 saturated heterocycles. The van der Waals surface area contributed by atoms with Gasteiger partial charge in [-0.2, -0.15) is 0 Å². The van der Waals surface area contributed by atoms with Crippen molar-refractivity contribution < 1.29 is 13.2 Å². The molecule has 1 unspecified atom stereocenters. The second kappa shape index (κ2) is 5.98. The third kappa shape index (κ3) is 3.92. The van der Waals surface area contributed by atoms with Crippen LogP contribution in [-0.4, -0.2) is 28.7 Å². The molecule has 0 bridgehead atoms. The van der Waals surface area contributed by atoms with E-state index in [4.69, 9.17) is 4.74 Å². The summed E-state index contributed by atoms with van der Waals surface area (Å²) in [6, 6.07) is 8.33. The van der Waals surface area contributed by atoms with Crippen molar-refractivity contribution >= 4 is 10.0 Å². The van der Waals surface area contributed by atoms with Crippen LogP contribution in [0.4, 0.5) is 0 Å². The number of methoxy groups -OCH3 is 1. The Morgan fingerprint density at radius 3 is 2.50 bits per heavy atom. The second-order valence-corrected chi connectivity index (χ2v) is 5.49. The maximum atomic E-state index is 11.8. The molecule has 1 atom stereocenters. The molecular formula is C11H17NO3S. The van der Waals surface area contributed by atoms with Crippen molar-refractivity contribution in [3.8, 4) is 0 Å². The Kier molecular flexibility index (Phi) is 4.92. The summed E-state index contributed by atoms with van der Waals surface area (Å²) >= 11 is 0. The molecule has 1 rings (SSSR count). The van der Waals surface area contributed by atoms with Gasteiger partial charge < -0.3 is 4.74 Å². The van der Waals surface area contributed by atoms with Crippen molar-refractivity contribution in [1.82, 2.24) is 4.72 Å². The fourth-order valence-corrected chi connectivity index (χ4v) is 2.46. The molecule has 0 heterocycles. The van der Waals surface area contributed by atoms with Gasteiger partial charge in [0, 0.05) is 20.3 Å². The minimum atomic E-state index is -3.38. The summed E-state index contributed by atoms with van der Waals surface area (Å²) in [6.45, 7) is 2.85. The van der Waals surface area contributed by atoms with Gasteiger partial charge in [0.15, 0.2) is 0 Å². The van der Waals surface area contributed by atoms with Gasteiger partial charge in [-0.25, -0.2) is 13.1 Å². The van der Waals surface area contributed by atoms with Crippen LogP contribution in [0.1, 0.15) is 6.92 Å². The first-order valence-electron chi connectivity index (χ1n) is 5.10. The Labute approximate surface area is 96.7 Å². The van der Waals surface area contributed by atoms with E-state index in [9.17, 15) is 8.42 Å². The topological polar surface area (TPSA) is 55.4 Å². The zero-order valence-corrected chi connectivity index (χ0v) is 10.3. The van der Waals surface area contributed by atoms with Gasteiger partial charge in [0.05, 0.1) is 4.90 Å². The summed E-state index contributed by atoms with van der Waals surface area (Å²) in [6.07, 6.45) is 0. The van der Waals surface area contributed by atoms with Crippen molar-refractivity contribution in [2.24, 2.45) is 5.92 Å². The van der Waals surface area contributed by atoms with E-state index in [0.717, 1.165) is 0 Å². The van der Waals surface area contributed by atoms with E-state index < -0.39 is 10.0 Å². The third-order valence-electron chi connectivity index (χ3n) is 2.13. The molecular weight excluding hydrogens is 226 g/mol. The Hall–Kier alpha value is -0.910. The van der Waals surface area contributed by atoms with Crippen LogP contribution >= 0.6 is 0 Å². The first-order chi connectivity index (χ1) is 7.56. The van der Waals surface area contributed by atoms with Crippen LogP contribution in [0.3, 0.4) is 0 Å². The quantitative estimate of drug-likeness (QED) is 0.818. The number of rotatable bonds is 6. The van der Waals surface area contributed by atoms with Gasteiger partial charge in [0.1, 0.15) is 0 Å². The summed E-state index contributed by atoms with van der Waals surface area (Å²) < 4.78 is 31.1. The normalized spacial score (nSPS) is 13.6. The zero-order valence-electron chi connectivity index (χ0n) is 9.51. The van der Waals surface area contributed by atoms with Gasteiger partial charge in [0.2, 0.25) is 10.0 Å². The maximum Gasteiger partial charge on any atom is 0.240 e. The summed E-state index contributed by atoms with van der Waals surface area (Å²) in [5, 5.41) is 0. The van der Waals surface area contributed by atoms with Crippen LogP contribution in [0.25, 0.3) is 0 Å². The number of sulfonamides is 1. The van der Waals surface area contributed by atoms with Crippen LogP contribution in [0.2, 0.25) is 0 Å². The van der Waals surface area contributed by atoms with Crippen molar-refractivity contribution in [2.45, 2.75) is 11.8 Å². The lowest BCUT2D eigenvalue weighted by molar-refractivity contribution is 0.161. The van der Waals surface area contributed by atoms with Crippen LogP contribution < -0.4 is 4.72 Å². The summed E-state index contributed by atoms with van der Waals surface area (Å²) in [4.78, 5) is 0.291. The Morgan fingerprint density at radius 2 is 1.94 bits per heavy atom. The molecule has 0 radical (unpaired) electrons. The Morgan fingerprint density at radius 1 is 1.31 bits per heavy atom. The minimum absolute atomic E-state index is 0.156. The molecule has 4 nitrogen and oxygen atoms in total. The molecule has 0 spiro atoms. The van der Waals surface area contributed by atoms with Gasteiger partial charge in [-0.1, -0.05) is 25.1 Å². The Bertz CT molecular complexity index is 402. The largest absolute Gasteiger partial charge is 0.384 e. The van der Waals surface area contributed by atoms with Crippen LogP contribution in [0.15, 0.2) is 35.2 Å². The molecule has 0 aliphatic carbocycles. The molecule has 5 heteroatoms. The minimum Gasteiger partial charge on any atom is -0.384 e. The highest BCUT2D eigenvalue weighted by Crippen LogP contribution is 2.07. The lowest BCUT2D eigenvalue weighted by atomic mass is 10.2. The highest BCUT2D eigenvalue weighted by atomic mass is 32.2. The van der Waals surface area contributed by atoms with Crippen LogP contribution in [0, 0.1) is 5.92 Å². The fraction of sp³-hybridized carbons (Fsp3) is 0.455. The molecule has 1 aromatic carbocycles. The van der Waals surface area contributed by atoms with E-state index in [0.29, 0.717) is 18.0 Å². The maximum absolute atomic E-state index is 11.8. The first-order valence-corrected chi connectivity index (χ1v) is 6.58. The number of nitrogens with one attached hydrogen (secondary N) is 1. The highest BCUT2D eigenvalue weighted by molar-refractivity contribution is 7.89. The molecule has 0 fully saturated rings. The monoisotopic (exact) mass is 243 g/mol. The average molecular weight is 243 g/mol. The van der Waals surface area contributed by atoms with Crippen LogP contribution in [0.5, 0.6) is 0 Å². The fourth-order valence-electron chi connectivity index (χ4n) is 1.28. The van der Waals surface area contributed by atoms with Gasteiger partial charge >= 0.3 is 0 Å². The lowest BCUT2D eigenvalue weighted by Gasteiger charge is -2.11. The van der Waals surface area contributed by atoms with E-state index in [-0.39, 0.29) is 5.92 Å². The predicted octanol–water partition coefficient (Wildman–Crippen LogP) is 1.25. The highest BCUT2D eigenvalue weighted by Gasteiger charge is 2.14. The van der Waals surface area contributed by atoms with Gasteiger partial charge in [-0.05, 0) is 18.1 Å². The Balaban J connectivity index is 2.60. The SMILES string of the molecule is COCC(C)CNS(=O)(=O)c1ccccc1. The summed E-state index contributed by atoms with van der Waals surface area (Å²) in [5.41, 5.74) is 0. The molecule has 0 aliphatic rings. The number of benzene rings is 1. The van der Waals surface area contributed by atoms with Crippen molar-refractivity contribution in [3.05, 3.63) is 30.3 Å². The molecule has 1 N–H and O–H groups in total. The van der Waals surface area contributed by atoms with E-state index >= 15 is 0 Å². The zero-order chi connectivity index (χ0) is 12.0. The van der Waals surface area contributed by atoms with E-state index in [2.05, 4.69) is 4.72 Å². The van der Waals surface area contributed by atoms with Gasteiger partial charge in [-0.3, -0.25) is 0 Å². The third-order valence-corrected chi connectivity index (χ3v) is 3.57. The predicted molar refractivity (Wildman–Crippen MR) is 62.7 cm³/mol. The molecule has 0 amide bonds. The first kappa shape index (κ1) is 13.2. The number of hydrogen-bond acceptors (Lipinski definition) is 3. The molecule has 0 saturated carbocycles.